The Kier molecular flexibility index (Phi) is 11.2. The van der Waals surface area contributed by atoms with Crippen LogP contribution in [0.25, 0.3) is 0 Å². The molecule has 1 amide bonds. The highest BCUT2D eigenvalue weighted by molar-refractivity contribution is 7.99. The third kappa shape index (κ3) is 8.32. The van der Waals surface area contributed by atoms with Crippen molar-refractivity contribution in [2.24, 2.45) is 0 Å². The van der Waals surface area contributed by atoms with Gasteiger partial charge in [0.25, 0.3) is 0 Å². The van der Waals surface area contributed by atoms with Crippen molar-refractivity contribution in [1.82, 2.24) is 20.1 Å². The molecule has 5 atom stereocenters. The van der Waals surface area contributed by atoms with Gasteiger partial charge >= 0.3 is 17.9 Å². The molecule has 2 heterocycles. The molecule has 0 aliphatic carbocycles. The average molecular weight is 599 g/mol. The van der Waals surface area contributed by atoms with Crippen molar-refractivity contribution in [2.75, 3.05) is 6.61 Å². The first kappa shape index (κ1) is 31.2. The van der Waals surface area contributed by atoms with E-state index in [1.165, 1.54) is 27.7 Å². The summed E-state index contributed by atoms with van der Waals surface area (Å²) in [6.45, 7) is 7.01. The van der Waals surface area contributed by atoms with E-state index < -0.39 is 53.6 Å². The maximum atomic E-state index is 12.2. The molecule has 0 saturated carbocycles. The Morgan fingerprint density at radius 2 is 1.70 bits per heavy atom. The summed E-state index contributed by atoms with van der Waals surface area (Å²) in [7, 11) is 0. The van der Waals surface area contributed by atoms with Crippen LogP contribution in [0.3, 0.4) is 0 Å². The second kappa shape index (κ2) is 14.3. The van der Waals surface area contributed by atoms with E-state index in [0.29, 0.717) is 28.3 Å². The van der Waals surface area contributed by atoms with E-state index in [9.17, 15) is 19.2 Å². The van der Waals surface area contributed by atoms with Crippen molar-refractivity contribution >= 4 is 47.2 Å². The van der Waals surface area contributed by atoms with Crippen LogP contribution < -0.4 is 10.1 Å². The van der Waals surface area contributed by atoms with Gasteiger partial charge in [-0.3, -0.25) is 19.2 Å². The Balaban J connectivity index is 1.93. The lowest BCUT2D eigenvalue weighted by Crippen LogP contribution is -2.65. The number of nitrogens with one attached hydrogen (secondary N) is 1. The number of benzene rings is 1. The van der Waals surface area contributed by atoms with E-state index in [1.807, 2.05) is 6.92 Å². The van der Waals surface area contributed by atoms with Gasteiger partial charge in [-0.1, -0.05) is 35.5 Å². The van der Waals surface area contributed by atoms with Crippen LogP contribution in [0.15, 0.2) is 29.4 Å². The minimum absolute atomic E-state index is 0.0749. The second-order valence-corrected chi connectivity index (χ2v) is 10.2. The number of para-hydroxylation sites is 1. The Bertz CT molecular complexity index is 1230. The second-order valence-electron chi connectivity index (χ2n) is 8.70. The molecule has 0 unspecified atom stereocenters. The largest absolute Gasteiger partial charge is 0.484 e. The van der Waals surface area contributed by atoms with Crippen molar-refractivity contribution < 1.29 is 42.9 Å². The third-order valence-electron chi connectivity index (χ3n) is 5.60. The van der Waals surface area contributed by atoms with Gasteiger partial charge in [-0.25, -0.2) is 0 Å². The highest BCUT2D eigenvalue weighted by atomic mass is 35.5. The molecule has 1 saturated heterocycles. The van der Waals surface area contributed by atoms with Crippen molar-refractivity contribution in [3.63, 3.8) is 0 Å². The summed E-state index contributed by atoms with van der Waals surface area (Å²) < 4.78 is 29.9. The van der Waals surface area contributed by atoms with E-state index in [0.717, 1.165) is 11.8 Å². The minimum Gasteiger partial charge on any atom is -0.484 e. The highest BCUT2D eigenvalue weighted by Gasteiger charge is 2.51. The molecule has 1 aliphatic rings. The van der Waals surface area contributed by atoms with E-state index in [1.54, 1.807) is 28.8 Å². The van der Waals surface area contributed by atoms with Crippen LogP contribution in [0.5, 0.6) is 5.75 Å². The first-order valence-corrected chi connectivity index (χ1v) is 13.6. The molecule has 1 N–H and O–H groups in total. The fourth-order valence-corrected chi connectivity index (χ4v) is 5.45. The van der Waals surface area contributed by atoms with Crippen LogP contribution in [-0.4, -0.2) is 75.0 Å². The van der Waals surface area contributed by atoms with Crippen molar-refractivity contribution in [1.29, 1.82) is 0 Å². The molecular weight excluding hydrogens is 568 g/mol. The fourth-order valence-electron chi connectivity index (χ4n) is 4.03. The molecular formula is C25H31ClN4O9S. The monoisotopic (exact) mass is 598 g/mol. The molecule has 218 valence electrons. The van der Waals surface area contributed by atoms with Crippen LogP contribution in [0.2, 0.25) is 5.02 Å². The highest BCUT2D eigenvalue weighted by Crippen LogP contribution is 2.36. The standard InChI is InChI=1S/C25H31ClN4O9S/c1-6-30-20(12-36-18-10-8-7-9-17(18)26)28-29-25(30)40-24-21(27-13(2)31)23(38-16(5)34)22(37-15(4)33)19(39-24)11-35-14(3)32/h7-10,19,21-24H,6,11-12H2,1-5H3,(H,27,31)/t19-,21-,22+,23-,24+/m0/s1. The van der Waals surface area contributed by atoms with Crippen molar-refractivity contribution in [3.8, 4) is 5.75 Å². The lowest BCUT2D eigenvalue weighted by Gasteiger charge is -2.44. The van der Waals surface area contributed by atoms with Crippen LogP contribution in [0, 0.1) is 0 Å². The van der Waals surface area contributed by atoms with Crippen LogP contribution in [-0.2, 0) is 51.3 Å². The number of thioether (sulfide) groups is 1. The van der Waals surface area contributed by atoms with Crippen molar-refractivity contribution in [3.05, 3.63) is 35.1 Å². The molecule has 1 aromatic heterocycles. The minimum atomic E-state index is -1.18. The van der Waals surface area contributed by atoms with Gasteiger partial charge in [0.2, 0.25) is 5.91 Å². The van der Waals surface area contributed by atoms with Gasteiger partial charge in [0.05, 0.1) is 5.02 Å². The number of amides is 1. The SMILES string of the molecule is CCn1c(COc2ccccc2Cl)nnc1S[C@H]1O[C@@H](COC(C)=O)[C@@H](OC(C)=O)[C@@H](OC(C)=O)[C@@H]1NC(C)=O. The van der Waals surface area contributed by atoms with Gasteiger partial charge in [-0.2, -0.15) is 0 Å². The van der Waals surface area contributed by atoms with Gasteiger partial charge in [0.15, 0.2) is 23.2 Å². The number of ether oxygens (including phenoxy) is 5. The number of rotatable bonds is 11. The van der Waals surface area contributed by atoms with Crippen LogP contribution >= 0.6 is 23.4 Å². The van der Waals surface area contributed by atoms with Gasteiger partial charge in [0.1, 0.15) is 36.5 Å². The van der Waals surface area contributed by atoms with E-state index in [-0.39, 0.29) is 13.2 Å². The summed E-state index contributed by atoms with van der Waals surface area (Å²) in [6.07, 6.45) is -3.38. The fraction of sp³-hybridized carbons (Fsp3) is 0.520. The maximum absolute atomic E-state index is 12.2. The predicted molar refractivity (Wildman–Crippen MR) is 141 cm³/mol. The topological polar surface area (TPSA) is 157 Å². The summed E-state index contributed by atoms with van der Waals surface area (Å²) in [4.78, 5) is 47.8. The van der Waals surface area contributed by atoms with Gasteiger partial charge in [-0.15, -0.1) is 10.2 Å². The Morgan fingerprint density at radius 1 is 1.02 bits per heavy atom. The molecule has 0 radical (unpaired) electrons. The van der Waals surface area contributed by atoms with Crippen LogP contribution in [0.1, 0.15) is 40.4 Å². The lowest BCUT2D eigenvalue weighted by molar-refractivity contribution is -0.211. The number of carbonyl (C=O) groups excluding carboxylic acids is 4. The van der Waals surface area contributed by atoms with Crippen LogP contribution in [0.4, 0.5) is 0 Å². The quantitative estimate of drug-likeness (QED) is 0.298. The zero-order chi connectivity index (χ0) is 29.4. The molecule has 0 bridgehead atoms. The number of aromatic nitrogens is 3. The molecule has 2 aromatic rings. The smallest absolute Gasteiger partial charge is 0.303 e. The van der Waals surface area contributed by atoms with Gasteiger partial charge in [0, 0.05) is 34.2 Å². The molecule has 0 spiro atoms. The Hall–Kier alpha value is -3.36. The first-order chi connectivity index (χ1) is 19.0. The summed E-state index contributed by atoms with van der Waals surface area (Å²) in [5.41, 5.74) is -0.924. The number of esters is 3. The molecule has 1 fully saturated rings. The van der Waals surface area contributed by atoms with E-state index in [4.69, 9.17) is 35.3 Å². The zero-order valence-electron chi connectivity index (χ0n) is 22.6. The third-order valence-corrected chi connectivity index (χ3v) is 7.06. The summed E-state index contributed by atoms with van der Waals surface area (Å²) in [5, 5.41) is 12.1. The Morgan fingerprint density at radius 3 is 2.30 bits per heavy atom. The summed E-state index contributed by atoms with van der Waals surface area (Å²) in [6, 6.07) is 6.05. The zero-order valence-corrected chi connectivity index (χ0v) is 24.2. The van der Waals surface area contributed by atoms with Gasteiger partial charge < -0.3 is 33.6 Å². The molecule has 3 rings (SSSR count). The summed E-state index contributed by atoms with van der Waals surface area (Å²) in [5.74, 6) is -1.40. The molecule has 15 heteroatoms. The normalized spacial score (nSPS) is 22.2. The Labute approximate surface area is 240 Å². The molecule has 1 aromatic carbocycles. The van der Waals surface area contributed by atoms with E-state index in [2.05, 4.69) is 15.5 Å². The number of carbonyl (C=O) groups is 4. The number of hydrogen-bond acceptors (Lipinski definition) is 12. The molecule has 40 heavy (non-hydrogen) atoms. The number of nitrogens with zero attached hydrogens (tertiary/aromatic N) is 3. The van der Waals surface area contributed by atoms with E-state index >= 15 is 0 Å². The molecule has 1 aliphatic heterocycles. The first-order valence-electron chi connectivity index (χ1n) is 12.4. The van der Waals surface area contributed by atoms with Gasteiger partial charge in [-0.05, 0) is 19.1 Å². The predicted octanol–water partition coefficient (Wildman–Crippen LogP) is 2.28. The number of hydrogen-bond donors (Lipinski definition) is 1. The van der Waals surface area contributed by atoms with Crippen molar-refractivity contribution in [2.45, 2.75) is 82.7 Å². The summed E-state index contributed by atoms with van der Waals surface area (Å²) >= 11 is 7.29. The lowest BCUT2D eigenvalue weighted by atomic mass is 9.97. The number of halogens is 1. The maximum Gasteiger partial charge on any atom is 0.303 e. The molecule has 13 nitrogen and oxygen atoms in total. The average Bonchev–Trinajstić information content (AvgIpc) is 3.26.